The Bertz CT molecular complexity index is 1160. The number of nitrogens with one attached hydrogen (secondary N) is 1. The van der Waals surface area contributed by atoms with Gasteiger partial charge in [0.05, 0.1) is 5.69 Å². The molecule has 34 heavy (non-hydrogen) atoms. The van der Waals surface area contributed by atoms with Crippen molar-refractivity contribution in [1.29, 1.82) is 0 Å². The Morgan fingerprint density at radius 2 is 1.88 bits per heavy atom. The second-order valence-electron chi connectivity index (χ2n) is 8.04. The van der Waals surface area contributed by atoms with Crippen molar-refractivity contribution < 1.29 is 19.1 Å². The molecule has 0 bridgehead atoms. The number of hydrogen-bond acceptors (Lipinski definition) is 4. The van der Waals surface area contributed by atoms with E-state index in [2.05, 4.69) is 12.2 Å². The minimum atomic E-state index is -0.257. The Labute approximate surface area is 199 Å². The van der Waals surface area contributed by atoms with Crippen LogP contribution in [0.15, 0.2) is 78.9 Å². The van der Waals surface area contributed by atoms with Crippen LogP contribution in [0, 0.1) is 0 Å². The largest absolute Gasteiger partial charge is 0.489 e. The summed E-state index contributed by atoms with van der Waals surface area (Å²) in [4.78, 5) is 26.5. The van der Waals surface area contributed by atoms with Gasteiger partial charge >= 0.3 is 0 Å². The fourth-order valence-corrected chi connectivity index (χ4v) is 3.61. The SMILES string of the molecule is CCCCN1C(=O)COc2ccc(NC(=O)/C=C/c3ccc(OCc4ccccc4)cc3)cc21. The Morgan fingerprint density at radius 3 is 2.65 bits per heavy atom. The van der Waals surface area contributed by atoms with Crippen LogP contribution in [0.3, 0.4) is 0 Å². The van der Waals surface area contributed by atoms with Crippen molar-refractivity contribution in [2.75, 3.05) is 23.4 Å². The minimum Gasteiger partial charge on any atom is -0.489 e. The molecule has 1 aliphatic heterocycles. The molecule has 2 amide bonds. The van der Waals surface area contributed by atoms with E-state index in [9.17, 15) is 9.59 Å². The Hall–Kier alpha value is -4.06. The van der Waals surface area contributed by atoms with Crippen LogP contribution in [-0.2, 0) is 16.2 Å². The Balaban J connectivity index is 1.35. The molecule has 1 heterocycles. The third kappa shape index (κ3) is 6.04. The van der Waals surface area contributed by atoms with E-state index in [1.54, 1.807) is 29.2 Å². The molecule has 0 spiro atoms. The van der Waals surface area contributed by atoms with Gasteiger partial charge in [-0.25, -0.2) is 0 Å². The van der Waals surface area contributed by atoms with Crippen molar-refractivity contribution in [2.45, 2.75) is 26.4 Å². The average molecular weight is 457 g/mol. The molecule has 0 aliphatic carbocycles. The molecule has 1 aliphatic rings. The van der Waals surface area contributed by atoms with E-state index < -0.39 is 0 Å². The molecule has 1 N–H and O–H groups in total. The number of benzene rings is 3. The van der Waals surface area contributed by atoms with E-state index in [1.165, 1.54) is 6.08 Å². The first-order valence-electron chi connectivity index (χ1n) is 11.5. The zero-order chi connectivity index (χ0) is 23.8. The summed E-state index contributed by atoms with van der Waals surface area (Å²) in [6.45, 7) is 3.27. The number of amides is 2. The normalized spacial score (nSPS) is 12.9. The molecule has 174 valence electrons. The van der Waals surface area contributed by atoms with Crippen molar-refractivity contribution in [2.24, 2.45) is 0 Å². The third-order valence-corrected chi connectivity index (χ3v) is 5.46. The number of hydrogen-bond donors (Lipinski definition) is 1. The summed E-state index contributed by atoms with van der Waals surface area (Å²) in [5.41, 5.74) is 3.29. The number of rotatable bonds is 9. The second kappa shape index (κ2) is 11.2. The van der Waals surface area contributed by atoms with E-state index >= 15 is 0 Å². The first-order valence-corrected chi connectivity index (χ1v) is 11.5. The third-order valence-electron chi connectivity index (χ3n) is 5.46. The van der Waals surface area contributed by atoms with Crippen LogP contribution in [-0.4, -0.2) is 25.0 Å². The van der Waals surface area contributed by atoms with Gasteiger partial charge in [-0.1, -0.05) is 55.8 Å². The second-order valence-corrected chi connectivity index (χ2v) is 8.04. The fraction of sp³-hybridized carbons (Fsp3) is 0.214. The Morgan fingerprint density at radius 1 is 1.09 bits per heavy atom. The van der Waals surface area contributed by atoms with Gasteiger partial charge in [-0.3, -0.25) is 9.59 Å². The number of fused-ring (bicyclic) bond motifs is 1. The zero-order valence-electron chi connectivity index (χ0n) is 19.2. The highest BCUT2D eigenvalue weighted by Gasteiger charge is 2.25. The van der Waals surface area contributed by atoms with Crippen molar-refractivity contribution in [1.82, 2.24) is 0 Å². The number of carbonyl (C=O) groups is 2. The lowest BCUT2D eigenvalue weighted by Crippen LogP contribution is -2.39. The van der Waals surface area contributed by atoms with Crippen LogP contribution in [0.4, 0.5) is 11.4 Å². The van der Waals surface area contributed by atoms with Crippen LogP contribution in [0.5, 0.6) is 11.5 Å². The highest BCUT2D eigenvalue weighted by Crippen LogP contribution is 2.34. The molecule has 0 radical (unpaired) electrons. The first-order chi connectivity index (χ1) is 16.6. The van der Waals surface area contributed by atoms with Gasteiger partial charge in [0.2, 0.25) is 5.91 Å². The van der Waals surface area contributed by atoms with Gasteiger partial charge < -0.3 is 19.7 Å². The van der Waals surface area contributed by atoms with E-state index in [4.69, 9.17) is 9.47 Å². The summed E-state index contributed by atoms with van der Waals surface area (Å²) < 4.78 is 11.3. The molecule has 6 nitrogen and oxygen atoms in total. The van der Waals surface area contributed by atoms with Crippen molar-refractivity contribution in [3.8, 4) is 11.5 Å². The molecular formula is C28H28N2O4. The fourth-order valence-electron chi connectivity index (χ4n) is 3.61. The van der Waals surface area contributed by atoms with Crippen molar-refractivity contribution >= 4 is 29.3 Å². The molecule has 6 heteroatoms. The summed E-state index contributed by atoms with van der Waals surface area (Å²) in [6, 6.07) is 22.9. The van der Waals surface area contributed by atoms with E-state index in [0.29, 0.717) is 30.3 Å². The maximum Gasteiger partial charge on any atom is 0.265 e. The number of carbonyl (C=O) groups excluding carboxylic acids is 2. The summed E-state index contributed by atoms with van der Waals surface area (Å²) in [5, 5.41) is 2.86. The Kier molecular flexibility index (Phi) is 7.60. The topological polar surface area (TPSA) is 67.9 Å². The zero-order valence-corrected chi connectivity index (χ0v) is 19.2. The van der Waals surface area contributed by atoms with Crippen molar-refractivity contribution in [3.05, 3.63) is 90.0 Å². The lowest BCUT2D eigenvalue weighted by molar-refractivity contribution is -0.121. The van der Waals surface area contributed by atoms with Crippen molar-refractivity contribution in [3.63, 3.8) is 0 Å². The molecule has 0 unspecified atom stereocenters. The van der Waals surface area contributed by atoms with Gasteiger partial charge in [-0.2, -0.15) is 0 Å². The van der Waals surface area contributed by atoms with E-state index in [1.807, 2.05) is 54.6 Å². The van der Waals surface area contributed by atoms with Gasteiger partial charge in [0.15, 0.2) is 6.61 Å². The highest BCUT2D eigenvalue weighted by atomic mass is 16.5. The molecule has 4 rings (SSSR count). The number of anilines is 2. The molecule has 0 aromatic heterocycles. The van der Waals surface area contributed by atoms with Gasteiger partial charge in [0.1, 0.15) is 18.1 Å². The molecule has 0 atom stereocenters. The molecule has 0 saturated heterocycles. The number of nitrogens with zero attached hydrogens (tertiary/aromatic N) is 1. The van der Waals surface area contributed by atoms with E-state index in [0.717, 1.165) is 29.7 Å². The molecule has 0 fully saturated rings. The van der Waals surface area contributed by atoms with Crippen LogP contribution in [0.1, 0.15) is 30.9 Å². The number of unbranched alkanes of at least 4 members (excludes halogenated alkanes) is 1. The number of ether oxygens (including phenoxy) is 2. The lowest BCUT2D eigenvalue weighted by atomic mass is 10.2. The summed E-state index contributed by atoms with van der Waals surface area (Å²) in [5.74, 6) is 1.09. The van der Waals surface area contributed by atoms with Gasteiger partial charge in [-0.05, 0) is 54.0 Å². The summed E-state index contributed by atoms with van der Waals surface area (Å²) >= 11 is 0. The average Bonchev–Trinajstić information content (AvgIpc) is 2.87. The predicted octanol–water partition coefficient (Wildman–Crippen LogP) is 5.44. The van der Waals surface area contributed by atoms with Crippen LogP contribution < -0.4 is 19.7 Å². The minimum absolute atomic E-state index is 0.0429. The van der Waals surface area contributed by atoms with Crippen LogP contribution >= 0.6 is 0 Å². The first kappa shape index (κ1) is 23.1. The maximum absolute atomic E-state index is 12.5. The van der Waals surface area contributed by atoms with Gasteiger partial charge in [0, 0.05) is 18.3 Å². The molecule has 0 saturated carbocycles. The lowest BCUT2D eigenvalue weighted by Gasteiger charge is -2.29. The maximum atomic E-state index is 12.5. The van der Waals surface area contributed by atoms with Crippen LogP contribution in [0.25, 0.3) is 6.08 Å². The molecule has 3 aromatic rings. The molecular weight excluding hydrogens is 428 g/mol. The summed E-state index contributed by atoms with van der Waals surface area (Å²) in [7, 11) is 0. The van der Waals surface area contributed by atoms with Gasteiger partial charge in [0.25, 0.3) is 5.91 Å². The highest BCUT2D eigenvalue weighted by molar-refractivity contribution is 6.03. The van der Waals surface area contributed by atoms with Gasteiger partial charge in [-0.15, -0.1) is 0 Å². The molecule has 3 aromatic carbocycles. The monoisotopic (exact) mass is 456 g/mol. The smallest absolute Gasteiger partial charge is 0.265 e. The predicted molar refractivity (Wildman–Crippen MR) is 134 cm³/mol. The quantitative estimate of drug-likeness (QED) is 0.435. The standard InChI is InChI=1S/C28H28N2O4/c1-2-3-17-30-25-18-23(12-15-26(25)34-20-28(30)32)29-27(31)16-11-21-9-13-24(14-10-21)33-19-22-7-5-4-6-8-22/h4-16,18H,2-3,17,19-20H2,1H3,(H,29,31)/b16-11+. The van der Waals surface area contributed by atoms with E-state index in [-0.39, 0.29) is 18.4 Å². The summed E-state index contributed by atoms with van der Waals surface area (Å²) in [6.07, 6.45) is 5.12. The van der Waals surface area contributed by atoms with Crippen LogP contribution in [0.2, 0.25) is 0 Å².